The molecule has 0 aliphatic heterocycles. The van der Waals surface area contributed by atoms with Crippen LogP contribution in [0.1, 0.15) is 76.6 Å². The van der Waals surface area contributed by atoms with E-state index in [-0.39, 0.29) is 0 Å². The van der Waals surface area contributed by atoms with E-state index in [4.69, 9.17) is 0 Å². The zero-order valence-corrected chi connectivity index (χ0v) is 36.7. The van der Waals surface area contributed by atoms with E-state index < -0.39 is 0 Å². The maximum Gasteiger partial charge on any atom is 0.0136 e. The Kier molecular flexibility index (Phi) is 10.6. The molecule has 11 rings (SSSR count). The third kappa shape index (κ3) is 7.14. The molecular formula is C64H52. The van der Waals surface area contributed by atoms with E-state index in [2.05, 4.69) is 214 Å². The molecular weight excluding hydrogens is 769 g/mol. The van der Waals surface area contributed by atoms with Crippen molar-refractivity contribution in [1.82, 2.24) is 0 Å². The molecule has 0 bridgehead atoms. The van der Waals surface area contributed by atoms with Gasteiger partial charge in [-0.3, -0.25) is 0 Å². The molecule has 9 aromatic carbocycles. The lowest BCUT2D eigenvalue weighted by molar-refractivity contribution is 0.794. The highest BCUT2D eigenvalue weighted by Gasteiger charge is 2.26. The van der Waals surface area contributed by atoms with Gasteiger partial charge < -0.3 is 0 Å². The summed E-state index contributed by atoms with van der Waals surface area (Å²) in [5.74, 6) is 0.300. The fourth-order valence-electron chi connectivity index (χ4n) is 11.0. The van der Waals surface area contributed by atoms with Crippen molar-refractivity contribution in [3.63, 3.8) is 0 Å². The molecule has 64 heavy (non-hydrogen) atoms. The van der Waals surface area contributed by atoms with E-state index in [1.54, 1.807) is 0 Å². The molecule has 1 unspecified atom stereocenters. The summed E-state index contributed by atoms with van der Waals surface area (Å²) in [7, 11) is 0. The lowest BCUT2D eigenvalue weighted by atomic mass is 9.75. The van der Waals surface area contributed by atoms with Gasteiger partial charge >= 0.3 is 0 Å². The zero-order valence-electron chi connectivity index (χ0n) is 36.7. The van der Waals surface area contributed by atoms with Gasteiger partial charge in [-0.15, -0.1) is 6.58 Å². The third-order valence-electron chi connectivity index (χ3n) is 14.1. The summed E-state index contributed by atoms with van der Waals surface area (Å²) in [5.41, 5.74) is 20.1. The molecule has 2 aliphatic carbocycles. The predicted molar refractivity (Wildman–Crippen MR) is 276 cm³/mol. The number of benzene rings is 9. The largest absolute Gasteiger partial charge is 0.103 e. The van der Waals surface area contributed by atoms with Crippen LogP contribution in [0.4, 0.5) is 0 Å². The van der Waals surface area contributed by atoms with Crippen molar-refractivity contribution < 1.29 is 0 Å². The Morgan fingerprint density at radius 3 is 2.11 bits per heavy atom. The van der Waals surface area contributed by atoms with Gasteiger partial charge in [0.1, 0.15) is 0 Å². The Balaban J connectivity index is 1.03. The van der Waals surface area contributed by atoms with Crippen LogP contribution in [0.5, 0.6) is 0 Å². The summed E-state index contributed by atoms with van der Waals surface area (Å²) in [4.78, 5) is 0. The molecule has 0 saturated carbocycles. The first kappa shape index (κ1) is 39.6. The highest BCUT2D eigenvalue weighted by molar-refractivity contribution is 6.24. The second-order valence-corrected chi connectivity index (χ2v) is 17.7. The van der Waals surface area contributed by atoms with E-state index >= 15 is 0 Å². The van der Waals surface area contributed by atoms with Gasteiger partial charge in [-0.2, -0.15) is 0 Å². The lowest BCUT2D eigenvalue weighted by Gasteiger charge is -2.29. The number of hydrogen-bond donors (Lipinski definition) is 0. The molecule has 0 heteroatoms. The van der Waals surface area contributed by atoms with E-state index in [1.165, 1.54) is 116 Å². The van der Waals surface area contributed by atoms with E-state index in [9.17, 15) is 0 Å². The molecule has 0 nitrogen and oxygen atoms in total. The van der Waals surface area contributed by atoms with Gasteiger partial charge in [-0.1, -0.05) is 188 Å². The summed E-state index contributed by atoms with van der Waals surface area (Å²) >= 11 is 0. The Hall–Kier alpha value is -7.28. The van der Waals surface area contributed by atoms with Crippen LogP contribution in [0.25, 0.3) is 71.8 Å². The standard InChI is InChI=1S/C64H52/c1-3-20-51(44-21-6-4-7-22-44)43(2)52(36-19-28-50-42-63-57-33-14-13-31-55(57)56-32-15-17-35-60(56)64(63)59-34-16-12-30-54(50)59)48-27-18-26-46(39-48)47-37-38-58-53-29-11-10-25-49(53)41-61(62(58)40-47)45-23-8-5-9-24-45/h3-12,14-18,21-27,29-30,32-40,42,61H,1,13,19-20,28,31,41H2,2H3/b51-43?,52-36+. The van der Waals surface area contributed by atoms with Crippen molar-refractivity contribution in [1.29, 1.82) is 0 Å². The van der Waals surface area contributed by atoms with Crippen LogP contribution < -0.4 is 0 Å². The molecule has 0 spiro atoms. The normalized spacial score (nSPS) is 14.8. The number of fused-ring (bicyclic) bond motifs is 11. The number of rotatable bonds is 10. The van der Waals surface area contributed by atoms with Crippen molar-refractivity contribution in [3.8, 4) is 22.3 Å². The van der Waals surface area contributed by atoms with Gasteiger partial charge in [0.25, 0.3) is 0 Å². The molecule has 0 aromatic heterocycles. The summed E-state index contributed by atoms with van der Waals surface area (Å²) in [6.45, 7) is 6.54. The number of aryl methyl sites for hydroxylation is 2. The maximum atomic E-state index is 4.22. The second-order valence-electron chi connectivity index (χ2n) is 17.7. The molecule has 0 saturated heterocycles. The summed E-state index contributed by atoms with van der Waals surface area (Å²) in [6.07, 6.45) is 15.1. The lowest BCUT2D eigenvalue weighted by Crippen LogP contribution is -2.12. The smallest absolute Gasteiger partial charge is 0.0136 e. The summed E-state index contributed by atoms with van der Waals surface area (Å²) in [6, 6.07) is 68.1. The van der Waals surface area contributed by atoms with E-state index in [1.807, 2.05) is 6.08 Å². The highest BCUT2D eigenvalue weighted by Crippen LogP contribution is 2.45. The molecule has 0 heterocycles. The Bertz CT molecular complexity index is 3340. The van der Waals surface area contributed by atoms with Gasteiger partial charge in [-0.05, 0) is 179 Å². The van der Waals surface area contributed by atoms with Crippen LogP contribution in [0.15, 0.2) is 212 Å². The Morgan fingerprint density at radius 1 is 0.609 bits per heavy atom. The first-order valence-corrected chi connectivity index (χ1v) is 23.1. The SMILES string of the molecule is C=CCC(=C(C)/C(=C\CCc1cc2c3c(c4ccccc4c2c2ccccc12)CCC=C3)c1cccc(-c2ccc3c(c2)C(c2ccccc2)Cc2ccccc2-3)c1)c1ccccc1. The summed E-state index contributed by atoms with van der Waals surface area (Å²) < 4.78 is 0. The minimum atomic E-state index is 0.300. The molecule has 2 aliphatic rings. The average molecular weight is 821 g/mol. The topological polar surface area (TPSA) is 0 Å². The van der Waals surface area contributed by atoms with Crippen molar-refractivity contribution in [2.24, 2.45) is 0 Å². The maximum absolute atomic E-state index is 4.22. The number of hydrogen-bond acceptors (Lipinski definition) is 0. The average Bonchev–Trinajstić information content (AvgIpc) is 3.36. The van der Waals surface area contributed by atoms with Crippen LogP contribution in [-0.2, 0) is 19.3 Å². The Labute approximate surface area is 378 Å². The monoisotopic (exact) mass is 820 g/mol. The predicted octanol–water partition coefficient (Wildman–Crippen LogP) is 17.2. The molecule has 0 fully saturated rings. The molecule has 308 valence electrons. The van der Waals surface area contributed by atoms with Gasteiger partial charge in [-0.25, -0.2) is 0 Å². The quantitative estimate of drug-likeness (QED) is 0.0732. The van der Waals surface area contributed by atoms with Crippen molar-refractivity contribution in [2.75, 3.05) is 0 Å². The van der Waals surface area contributed by atoms with E-state index in [0.29, 0.717) is 5.92 Å². The van der Waals surface area contributed by atoms with Crippen molar-refractivity contribution in [3.05, 3.63) is 257 Å². The van der Waals surface area contributed by atoms with Gasteiger partial charge in [0, 0.05) is 5.92 Å². The first-order valence-electron chi connectivity index (χ1n) is 23.1. The molecule has 1 atom stereocenters. The molecule has 9 aromatic rings. The highest BCUT2D eigenvalue weighted by atomic mass is 14.3. The summed E-state index contributed by atoms with van der Waals surface area (Å²) in [5, 5.41) is 8.23. The van der Waals surface area contributed by atoms with Gasteiger partial charge in [0.15, 0.2) is 0 Å². The fourth-order valence-corrected chi connectivity index (χ4v) is 11.0. The fraction of sp³-hybridized carbons (Fsp3) is 0.125. The van der Waals surface area contributed by atoms with E-state index in [0.717, 1.165) is 38.5 Å². The molecule has 0 amide bonds. The first-order chi connectivity index (χ1) is 31.6. The van der Waals surface area contributed by atoms with Gasteiger partial charge in [0.2, 0.25) is 0 Å². The van der Waals surface area contributed by atoms with Crippen LogP contribution >= 0.6 is 0 Å². The second kappa shape index (κ2) is 17.1. The van der Waals surface area contributed by atoms with Crippen molar-refractivity contribution in [2.45, 2.75) is 51.4 Å². The molecule has 0 N–H and O–H groups in total. The van der Waals surface area contributed by atoms with Crippen LogP contribution in [0, 0.1) is 0 Å². The van der Waals surface area contributed by atoms with Crippen LogP contribution in [0.2, 0.25) is 0 Å². The van der Waals surface area contributed by atoms with Crippen LogP contribution in [0.3, 0.4) is 0 Å². The molecule has 0 radical (unpaired) electrons. The number of allylic oxidation sites excluding steroid dienone is 6. The Morgan fingerprint density at radius 2 is 1.30 bits per heavy atom. The third-order valence-corrected chi connectivity index (χ3v) is 14.1. The minimum Gasteiger partial charge on any atom is -0.103 e. The van der Waals surface area contributed by atoms with Gasteiger partial charge in [0.05, 0.1) is 0 Å². The zero-order chi connectivity index (χ0) is 43.0. The minimum absolute atomic E-state index is 0.300. The van der Waals surface area contributed by atoms with Crippen LogP contribution in [-0.4, -0.2) is 0 Å². The van der Waals surface area contributed by atoms with Crippen molar-refractivity contribution >= 4 is 49.5 Å².